The van der Waals surface area contributed by atoms with Crippen molar-refractivity contribution in [2.45, 2.75) is 181 Å². The number of carbonyl (C=O) groups excluding carboxylic acids is 2. The summed E-state index contributed by atoms with van der Waals surface area (Å²) in [5, 5.41) is 13.8. The molecule has 2 heterocycles. The van der Waals surface area contributed by atoms with Crippen molar-refractivity contribution < 1.29 is 35.7 Å². The van der Waals surface area contributed by atoms with Crippen LogP contribution < -0.4 is 16.0 Å². The molecule has 57 heavy (non-hydrogen) atoms. The third-order valence-electron chi connectivity index (χ3n) is 7.93. The number of aromatic nitrogens is 2. The molecule has 0 bridgehead atoms. The van der Waals surface area contributed by atoms with Gasteiger partial charge in [0.1, 0.15) is 21.3 Å². The Morgan fingerprint density at radius 1 is 0.754 bits per heavy atom. The lowest BCUT2D eigenvalue weighted by Crippen LogP contribution is -2.54. The molecule has 0 aliphatic rings. The Hall–Kier alpha value is -3.57. The number of nitrogens with one attached hydrogen (secondary N) is 1. The Morgan fingerprint density at radius 2 is 1.18 bits per heavy atom. The zero-order chi connectivity index (χ0) is 45.8. The highest BCUT2D eigenvalue weighted by molar-refractivity contribution is 7.92. The van der Waals surface area contributed by atoms with E-state index in [9.17, 15) is 40.9 Å². The van der Waals surface area contributed by atoms with Gasteiger partial charge in [-0.25, -0.2) is 26.8 Å². The van der Waals surface area contributed by atoms with E-state index in [0.717, 1.165) is 0 Å². The van der Waals surface area contributed by atoms with E-state index in [1.165, 1.54) is 40.7 Å². The molecule has 0 radical (unpaired) electrons. The fraction of sp³-hybridized carbons (Fsp3) is 0.700. The van der Waals surface area contributed by atoms with Crippen molar-refractivity contribution in [3.63, 3.8) is 0 Å². The average molecular weight is 845 g/mol. The Bertz CT molecular complexity index is 1970. The standard InChI is InChI=1S/C20H35N3O3S.C13H17FN2O5S.C7H17N/c1-12(2)17(24)16-14(21)11-15(27(25,26)13(3)4)18(22-16)23(19(5,6)7)20(8,9)10;1-7(2)11(17)10-8(16(18)19)6-9(12(14)15-10)22(20,21)13(3,4)5;1-6(2)8-7(3,4)5/h11-13H,21H2,1-10H3;6-7H,1-5H3;6,8H,1-5H3. The highest BCUT2D eigenvalue weighted by atomic mass is 32.2. The Balaban J connectivity index is 0.000000936. The molecule has 0 unspecified atom stereocenters. The molecule has 0 spiro atoms. The SMILES string of the molecule is CC(C)C(=O)c1nc(F)c(S(=O)(=O)C(C)(C)C)cc1[N+](=O)[O-].CC(C)C(=O)c1nc(N(C(C)(C)C)C(C)(C)C)c(S(=O)(=O)C(C)C)cc1N.CC(C)NC(C)(C)C. The van der Waals surface area contributed by atoms with E-state index in [2.05, 4.69) is 49.9 Å². The highest BCUT2D eigenvalue weighted by Crippen LogP contribution is 2.38. The van der Waals surface area contributed by atoms with Gasteiger partial charge in [0.15, 0.2) is 36.9 Å². The van der Waals surface area contributed by atoms with Crippen LogP contribution in [-0.4, -0.2) is 75.9 Å². The lowest BCUT2D eigenvalue weighted by atomic mass is 9.95. The molecule has 0 amide bonds. The van der Waals surface area contributed by atoms with Crippen LogP contribution in [0.1, 0.15) is 159 Å². The largest absolute Gasteiger partial charge is 0.397 e. The summed E-state index contributed by atoms with van der Waals surface area (Å²) in [5.74, 6) is -3.00. The van der Waals surface area contributed by atoms with Gasteiger partial charge in [0.2, 0.25) is 5.95 Å². The highest BCUT2D eigenvalue weighted by Gasteiger charge is 2.40. The van der Waals surface area contributed by atoms with Gasteiger partial charge in [-0.3, -0.25) is 19.7 Å². The first kappa shape index (κ1) is 53.4. The second kappa shape index (κ2) is 19.0. The summed E-state index contributed by atoms with van der Waals surface area (Å²) in [7, 11) is -7.83. The molecule has 2 rings (SSSR count). The molecular weight excluding hydrogens is 776 g/mol. The van der Waals surface area contributed by atoms with E-state index in [4.69, 9.17) is 5.73 Å². The van der Waals surface area contributed by atoms with Crippen LogP contribution >= 0.6 is 0 Å². The van der Waals surface area contributed by atoms with E-state index >= 15 is 0 Å². The normalized spacial score (nSPS) is 12.9. The topological polar surface area (TPSA) is 213 Å². The molecular formula is C40H69FN6O8S2. The minimum Gasteiger partial charge on any atom is -0.397 e. The summed E-state index contributed by atoms with van der Waals surface area (Å²) in [6.45, 7) is 36.5. The molecule has 0 aromatic carbocycles. The predicted octanol–water partition coefficient (Wildman–Crippen LogP) is 8.41. The number of anilines is 2. The number of ketones is 2. The predicted molar refractivity (Wildman–Crippen MR) is 227 cm³/mol. The van der Waals surface area contributed by atoms with E-state index < -0.39 is 79.6 Å². The van der Waals surface area contributed by atoms with E-state index in [1.807, 2.05) is 46.4 Å². The van der Waals surface area contributed by atoms with Crippen LogP contribution in [0.25, 0.3) is 0 Å². The van der Waals surface area contributed by atoms with E-state index in [1.54, 1.807) is 27.7 Å². The van der Waals surface area contributed by atoms with Crippen molar-refractivity contribution in [2.24, 2.45) is 11.8 Å². The number of sulfone groups is 2. The molecule has 0 aliphatic heterocycles. The quantitative estimate of drug-likeness (QED) is 0.0996. The van der Waals surface area contributed by atoms with Crippen molar-refractivity contribution in [1.82, 2.24) is 15.3 Å². The van der Waals surface area contributed by atoms with Gasteiger partial charge in [-0.1, -0.05) is 41.5 Å². The number of hydrogen-bond donors (Lipinski definition) is 2. The zero-order valence-corrected chi connectivity index (χ0v) is 39.4. The first-order valence-corrected chi connectivity index (χ1v) is 22.0. The Morgan fingerprint density at radius 3 is 1.47 bits per heavy atom. The summed E-state index contributed by atoms with van der Waals surface area (Å²) in [6, 6.07) is 2.56. The number of rotatable bonds is 10. The summed E-state index contributed by atoms with van der Waals surface area (Å²) in [4.78, 5) is 43.6. The molecule has 0 saturated carbocycles. The van der Waals surface area contributed by atoms with Crippen molar-refractivity contribution in [2.75, 3.05) is 10.6 Å². The zero-order valence-electron chi connectivity index (χ0n) is 37.8. The molecule has 0 atom stereocenters. The van der Waals surface area contributed by atoms with Gasteiger partial charge in [0.05, 0.1) is 20.6 Å². The van der Waals surface area contributed by atoms with Gasteiger partial charge in [0.25, 0.3) is 5.69 Å². The average Bonchev–Trinajstić information content (AvgIpc) is 2.97. The number of nitrogen functional groups attached to an aromatic ring is 1. The number of Topliss-reactive ketones (excluding diaryl/α,β-unsaturated/α-hetero) is 2. The summed E-state index contributed by atoms with van der Waals surface area (Å²) in [5.41, 5.74) is 4.22. The molecule has 2 aromatic rings. The molecule has 326 valence electrons. The van der Waals surface area contributed by atoms with Crippen LogP contribution in [0.3, 0.4) is 0 Å². The van der Waals surface area contributed by atoms with E-state index in [-0.39, 0.29) is 39.3 Å². The van der Waals surface area contributed by atoms with Gasteiger partial charge in [-0.05, 0) is 103 Å². The minimum atomic E-state index is -4.18. The number of halogens is 1. The molecule has 2 aromatic heterocycles. The van der Waals surface area contributed by atoms with E-state index in [0.29, 0.717) is 12.1 Å². The smallest absolute Gasteiger partial charge is 0.300 e. The first-order valence-electron chi connectivity index (χ1n) is 18.9. The number of hydrogen-bond acceptors (Lipinski definition) is 13. The van der Waals surface area contributed by atoms with Gasteiger partial charge < -0.3 is 16.0 Å². The third-order valence-corrected chi connectivity index (χ3v) is 12.6. The Labute approximate surface area is 341 Å². The van der Waals surface area contributed by atoms with Gasteiger partial charge in [-0.2, -0.15) is 4.39 Å². The molecule has 14 nitrogen and oxygen atoms in total. The van der Waals surface area contributed by atoms with Crippen LogP contribution in [-0.2, 0) is 19.7 Å². The molecule has 0 fully saturated rings. The van der Waals surface area contributed by atoms with Gasteiger partial charge in [0, 0.05) is 40.6 Å². The van der Waals surface area contributed by atoms with Crippen LogP contribution in [0.15, 0.2) is 21.9 Å². The van der Waals surface area contributed by atoms with Crippen molar-refractivity contribution >= 4 is 48.4 Å². The lowest BCUT2D eigenvalue weighted by molar-refractivity contribution is -0.385. The molecule has 0 aliphatic carbocycles. The minimum absolute atomic E-state index is 0.0696. The van der Waals surface area contributed by atoms with Crippen LogP contribution in [0, 0.1) is 27.9 Å². The molecule has 0 saturated heterocycles. The van der Waals surface area contributed by atoms with Crippen LogP contribution in [0.4, 0.5) is 21.6 Å². The van der Waals surface area contributed by atoms with Crippen molar-refractivity contribution in [1.29, 1.82) is 0 Å². The monoisotopic (exact) mass is 844 g/mol. The van der Waals surface area contributed by atoms with Crippen LogP contribution in [0.5, 0.6) is 0 Å². The maximum atomic E-state index is 14.1. The Kier molecular flexibility index (Phi) is 17.8. The number of nitro groups is 1. The van der Waals surface area contributed by atoms with Crippen LogP contribution in [0.2, 0.25) is 0 Å². The molecule has 3 N–H and O–H groups in total. The van der Waals surface area contributed by atoms with Crippen molar-refractivity contribution in [3.8, 4) is 0 Å². The number of carbonyl (C=O) groups is 2. The second-order valence-electron chi connectivity index (χ2n) is 19.1. The lowest BCUT2D eigenvalue weighted by Gasteiger charge is -2.47. The van der Waals surface area contributed by atoms with Gasteiger partial charge >= 0.3 is 0 Å². The number of nitrogens with zero attached hydrogens (tertiary/aromatic N) is 4. The van der Waals surface area contributed by atoms with Gasteiger partial charge in [-0.15, -0.1) is 0 Å². The maximum Gasteiger partial charge on any atom is 0.300 e. The maximum absolute atomic E-state index is 14.1. The summed E-state index contributed by atoms with van der Waals surface area (Å²) >= 11 is 0. The summed E-state index contributed by atoms with van der Waals surface area (Å²) in [6.07, 6.45) is 0. The third kappa shape index (κ3) is 14.3. The second-order valence-corrected chi connectivity index (χ2v) is 24.3. The molecule has 17 heteroatoms. The fourth-order valence-corrected chi connectivity index (χ4v) is 8.06. The fourth-order valence-electron chi connectivity index (χ4n) is 5.68. The number of pyridine rings is 2. The summed E-state index contributed by atoms with van der Waals surface area (Å²) < 4.78 is 63.4. The first-order chi connectivity index (χ1) is 25.1. The van der Waals surface area contributed by atoms with Crippen molar-refractivity contribution in [3.05, 3.63) is 39.6 Å². The number of nitrogens with two attached hydrogens (primary N) is 1.